The molecule has 1 fully saturated rings. The lowest BCUT2D eigenvalue weighted by molar-refractivity contribution is -0.129. The van der Waals surface area contributed by atoms with Crippen molar-refractivity contribution in [2.45, 2.75) is 32.9 Å². The number of rotatable bonds is 4. The van der Waals surface area contributed by atoms with Crippen LogP contribution in [0.15, 0.2) is 28.7 Å². The number of hydrogen-bond acceptors (Lipinski definition) is 5. The molecule has 0 aliphatic carbocycles. The lowest BCUT2D eigenvalue weighted by Crippen LogP contribution is -2.49. The number of hydrogen-bond donors (Lipinski definition) is 1. The zero-order valence-electron chi connectivity index (χ0n) is 12.9. The van der Waals surface area contributed by atoms with E-state index in [9.17, 15) is 4.79 Å². The van der Waals surface area contributed by atoms with Crippen molar-refractivity contribution in [1.29, 1.82) is 0 Å². The number of nitrogens with zero attached hydrogens (tertiary/aromatic N) is 3. The minimum absolute atomic E-state index is 0.0239. The van der Waals surface area contributed by atoms with Crippen molar-refractivity contribution in [2.24, 2.45) is 0 Å². The standard InChI is InChI=1S/C16H20N4O2/c1-3-13-18-19-14(22-13)10-20-9-8-17-16(21)15(20)12-7-5-4-6-11(12)2/h4-7,15H,3,8-10H2,1-2H3,(H,17,21). The third kappa shape index (κ3) is 2.87. The predicted octanol–water partition coefficient (Wildman–Crippen LogP) is 1.61. The largest absolute Gasteiger partial charge is 0.424 e. The van der Waals surface area contributed by atoms with Gasteiger partial charge in [0.2, 0.25) is 17.7 Å². The van der Waals surface area contributed by atoms with Gasteiger partial charge >= 0.3 is 0 Å². The van der Waals surface area contributed by atoms with E-state index in [1.54, 1.807) is 0 Å². The van der Waals surface area contributed by atoms with Crippen molar-refractivity contribution in [3.63, 3.8) is 0 Å². The number of nitrogens with one attached hydrogen (secondary N) is 1. The minimum atomic E-state index is -0.313. The van der Waals surface area contributed by atoms with Gasteiger partial charge in [-0.05, 0) is 18.1 Å². The van der Waals surface area contributed by atoms with Gasteiger partial charge in [-0.3, -0.25) is 9.69 Å². The van der Waals surface area contributed by atoms with E-state index in [4.69, 9.17) is 4.42 Å². The number of carbonyl (C=O) groups is 1. The Hall–Kier alpha value is -2.21. The number of amides is 1. The highest BCUT2D eigenvalue weighted by molar-refractivity contribution is 5.84. The van der Waals surface area contributed by atoms with E-state index in [1.807, 2.05) is 38.1 Å². The highest BCUT2D eigenvalue weighted by Gasteiger charge is 2.32. The molecule has 0 radical (unpaired) electrons. The highest BCUT2D eigenvalue weighted by atomic mass is 16.4. The molecule has 1 amide bonds. The van der Waals surface area contributed by atoms with Crippen LogP contribution in [0.2, 0.25) is 0 Å². The van der Waals surface area contributed by atoms with E-state index in [0.717, 1.165) is 17.7 Å². The number of benzene rings is 1. The van der Waals surface area contributed by atoms with Gasteiger partial charge in [-0.1, -0.05) is 31.2 Å². The first-order chi connectivity index (χ1) is 10.7. The molecule has 3 rings (SSSR count). The van der Waals surface area contributed by atoms with Crippen LogP contribution in [0.1, 0.15) is 35.9 Å². The van der Waals surface area contributed by atoms with E-state index in [-0.39, 0.29) is 11.9 Å². The van der Waals surface area contributed by atoms with Crippen LogP contribution in [-0.4, -0.2) is 34.1 Å². The van der Waals surface area contributed by atoms with Crippen molar-refractivity contribution >= 4 is 5.91 Å². The Morgan fingerprint density at radius 3 is 2.82 bits per heavy atom. The molecule has 1 aliphatic rings. The van der Waals surface area contributed by atoms with E-state index in [1.165, 1.54) is 0 Å². The zero-order chi connectivity index (χ0) is 15.5. The summed E-state index contributed by atoms with van der Waals surface area (Å²) in [6, 6.07) is 7.66. The molecule has 0 spiro atoms. The Morgan fingerprint density at radius 1 is 1.32 bits per heavy atom. The van der Waals surface area contributed by atoms with Gasteiger partial charge in [-0.25, -0.2) is 0 Å². The van der Waals surface area contributed by atoms with Gasteiger partial charge in [0.1, 0.15) is 6.04 Å². The van der Waals surface area contributed by atoms with Crippen molar-refractivity contribution in [1.82, 2.24) is 20.4 Å². The zero-order valence-corrected chi connectivity index (χ0v) is 12.9. The average molecular weight is 300 g/mol. The molecule has 0 bridgehead atoms. The van der Waals surface area contributed by atoms with Gasteiger partial charge in [-0.15, -0.1) is 10.2 Å². The average Bonchev–Trinajstić information content (AvgIpc) is 2.96. The quantitative estimate of drug-likeness (QED) is 0.929. The Kier molecular flexibility index (Phi) is 4.20. The Bertz CT molecular complexity index is 668. The first kappa shape index (κ1) is 14.7. The normalized spacial score (nSPS) is 19.2. The summed E-state index contributed by atoms with van der Waals surface area (Å²) in [6.45, 7) is 5.88. The summed E-state index contributed by atoms with van der Waals surface area (Å²) in [6.07, 6.45) is 0.717. The Morgan fingerprint density at radius 2 is 2.09 bits per heavy atom. The maximum Gasteiger partial charge on any atom is 0.242 e. The van der Waals surface area contributed by atoms with Gasteiger partial charge in [0.25, 0.3) is 0 Å². The summed E-state index contributed by atoms with van der Waals surface area (Å²) >= 11 is 0. The smallest absolute Gasteiger partial charge is 0.242 e. The molecular formula is C16H20N4O2. The molecule has 1 N–H and O–H groups in total. The number of aryl methyl sites for hydroxylation is 2. The third-order valence-electron chi connectivity index (χ3n) is 3.94. The predicted molar refractivity (Wildman–Crippen MR) is 81.0 cm³/mol. The van der Waals surface area contributed by atoms with Crippen LogP contribution in [0.3, 0.4) is 0 Å². The summed E-state index contributed by atoms with van der Waals surface area (Å²) in [5.41, 5.74) is 2.13. The summed E-state index contributed by atoms with van der Waals surface area (Å²) in [4.78, 5) is 14.5. The van der Waals surface area contributed by atoms with Crippen molar-refractivity contribution in [3.8, 4) is 0 Å². The molecule has 22 heavy (non-hydrogen) atoms. The lowest BCUT2D eigenvalue weighted by atomic mass is 9.98. The van der Waals surface area contributed by atoms with Gasteiger partial charge in [-0.2, -0.15) is 0 Å². The van der Waals surface area contributed by atoms with E-state index >= 15 is 0 Å². The van der Waals surface area contributed by atoms with Crippen molar-refractivity contribution in [2.75, 3.05) is 13.1 Å². The van der Waals surface area contributed by atoms with Gasteiger partial charge < -0.3 is 9.73 Å². The monoisotopic (exact) mass is 300 g/mol. The Labute approximate surface area is 129 Å². The van der Waals surface area contributed by atoms with Crippen LogP contribution in [-0.2, 0) is 17.8 Å². The summed E-state index contributed by atoms with van der Waals surface area (Å²) in [5, 5.41) is 11.0. The molecule has 2 heterocycles. The third-order valence-corrected chi connectivity index (χ3v) is 3.94. The molecule has 116 valence electrons. The second-order valence-corrected chi connectivity index (χ2v) is 5.46. The molecular weight excluding hydrogens is 280 g/mol. The number of piperazine rings is 1. The second-order valence-electron chi connectivity index (χ2n) is 5.46. The van der Waals surface area contributed by atoms with Crippen LogP contribution in [0, 0.1) is 6.92 Å². The van der Waals surface area contributed by atoms with Crippen LogP contribution in [0.5, 0.6) is 0 Å². The molecule has 1 aliphatic heterocycles. The first-order valence-corrected chi connectivity index (χ1v) is 7.57. The highest BCUT2D eigenvalue weighted by Crippen LogP contribution is 2.27. The maximum absolute atomic E-state index is 12.4. The maximum atomic E-state index is 12.4. The summed E-state index contributed by atoms with van der Waals surface area (Å²) < 4.78 is 5.59. The van der Waals surface area contributed by atoms with E-state index in [0.29, 0.717) is 31.3 Å². The fourth-order valence-corrected chi connectivity index (χ4v) is 2.79. The van der Waals surface area contributed by atoms with Crippen molar-refractivity contribution < 1.29 is 9.21 Å². The van der Waals surface area contributed by atoms with Crippen LogP contribution < -0.4 is 5.32 Å². The Balaban J connectivity index is 1.87. The van der Waals surface area contributed by atoms with Crippen LogP contribution >= 0.6 is 0 Å². The van der Waals surface area contributed by atoms with E-state index < -0.39 is 0 Å². The molecule has 0 saturated carbocycles. The summed E-state index contributed by atoms with van der Waals surface area (Å²) in [5.74, 6) is 1.21. The fourth-order valence-electron chi connectivity index (χ4n) is 2.79. The molecule has 1 aromatic heterocycles. The molecule has 6 nitrogen and oxygen atoms in total. The molecule has 1 atom stereocenters. The van der Waals surface area contributed by atoms with Gasteiger partial charge in [0.15, 0.2) is 0 Å². The van der Waals surface area contributed by atoms with Crippen molar-refractivity contribution in [3.05, 3.63) is 47.2 Å². The minimum Gasteiger partial charge on any atom is -0.424 e. The molecule has 1 aromatic carbocycles. The molecule has 1 saturated heterocycles. The lowest BCUT2D eigenvalue weighted by Gasteiger charge is -2.34. The SMILES string of the molecule is CCc1nnc(CN2CCNC(=O)C2c2ccccc2C)o1. The summed E-state index contributed by atoms with van der Waals surface area (Å²) in [7, 11) is 0. The molecule has 1 unspecified atom stereocenters. The van der Waals surface area contributed by atoms with Gasteiger partial charge in [0.05, 0.1) is 6.54 Å². The fraction of sp³-hybridized carbons (Fsp3) is 0.438. The van der Waals surface area contributed by atoms with Crippen LogP contribution in [0.4, 0.5) is 0 Å². The molecule has 2 aromatic rings. The number of aromatic nitrogens is 2. The van der Waals surface area contributed by atoms with Gasteiger partial charge in [0, 0.05) is 19.5 Å². The topological polar surface area (TPSA) is 71.3 Å². The second kappa shape index (κ2) is 6.27. The van der Waals surface area contributed by atoms with E-state index in [2.05, 4.69) is 20.4 Å². The van der Waals surface area contributed by atoms with Crippen LogP contribution in [0.25, 0.3) is 0 Å². The molecule has 6 heteroatoms. The number of carbonyl (C=O) groups excluding carboxylic acids is 1. The first-order valence-electron chi connectivity index (χ1n) is 7.57.